The van der Waals surface area contributed by atoms with Crippen molar-refractivity contribution in [3.05, 3.63) is 140 Å². The van der Waals surface area contributed by atoms with Crippen molar-refractivity contribution >= 4 is 83.3 Å². The van der Waals surface area contributed by atoms with Crippen molar-refractivity contribution < 1.29 is 68.3 Å². The summed E-state index contributed by atoms with van der Waals surface area (Å²) < 4.78 is 34.8. The molecule has 58 heavy (non-hydrogen) atoms. The first kappa shape index (κ1) is 43.7. The van der Waals surface area contributed by atoms with Gasteiger partial charge in [0.25, 0.3) is 17.3 Å². The van der Waals surface area contributed by atoms with Crippen LogP contribution in [0, 0.1) is 20.2 Å². The number of rotatable bonds is 9. The summed E-state index contributed by atoms with van der Waals surface area (Å²) in [4.78, 5) is 31.7. The maximum Gasteiger partial charge on any atom is 3.00 e. The number of para-hydroxylation sites is 1. The number of nitro benzene ring substituents is 2. The van der Waals surface area contributed by atoms with Crippen LogP contribution < -0.4 is 25.7 Å². The second-order valence-electron chi connectivity index (χ2n) is 11.4. The second kappa shape index (κ2) is 18.3. The van der Waals surface area contributed by atoms with Gasteiger partial charge in [-0.05, 0) is 29.7 Å². The Hall–Kier alpha value is -7.02. The minimum absolute atomic E-state index is 0. The maximum absolute atomic E-state index is 12.5. The molecule has 0 saturated heterocycles. The van der Waals surface area contributed by atoms with Crippen LogP contribution in [0.5, 0.6) is 17.2 Å². The average molecular weight is 865 g/mol. The van der Waals surface area contributed by atoms with E-state index in [1.165, 1.54) is 12.1 Å². The third kappa shape index (κ3) is 10.0. The Kier molecular flexibility index (Phi) is 13.8. The van der Waals surface area contributed by atoms with Gasteiger partial charge < -0.3 is 30.3 Å². The van der Waals surface area contributed by atoms with Gasteiger partial charge in [0.1, 0.15) is 15.8 Å². The minimum Gasteiger partial charge on any atom is -0.874 e. The van der Waals surface area contributed by atoms with Crippen LogP contribution in [0.3, 0.4) is 0 Å². The number of azo groups is 2. The number of halogens is 1. The summed E-state index contributed by atoms with van der Waals surface area (Å²) in [7, 11) is -5.11. The van der Waals surface area contributed by atoms with E-state index in [9.17, 15) is 58.4 Å². The van der Waals surface area contributed by atoms with E-state index >= 15 is 0 Å². The van der Waals surface area contributed by atoms with Crippen molar-refractivity contribution in [2.45, 2.75) is 11.8 Å². The zero-order valence-electron chi connectivity index (χ0n) is 31.1. The molecule has 1 amide bonds. The summed E-state index contributed by atoms with van der Waals surface area (Å²) >= 11 is 5.93. The molecule has 22 heteroatoms. The van der Waals surface area contributed by atoms with Gasteiger partial charge >= 0.3 is 20.2 Å². The first-order valence-corrected chi connectivity index (χ1v) is 17.5. The Morgan fingerprint density at radius 1 is 0.724 bits per heavy atom. The van der Waals surface area contributed by atoms with E-state index in [0.29, 0.717) is 16.8 Å². The van der Waals surface area contributed by atoms with E-state index < -0.39 is 65.2 Å². The maximum atomic E-state index is 12.5. The Morgan fingerprint density at radius 3 is 1.95 bits per heavy atom. The van der Waals surface area contributed by atoms with Crippen LogP contribution in [0.15, 0.2) is 140 Å². The predicted molar refractivity (Wildman–Crippen MR) is 198 cm³/mol. The molecule has 0 bridgehead atoms. The van der Waals surface area contributed by atoms with Crippen LogP contribution in [0.25, 0.3) is 21.5 Å². The summed E-state index contributed by atoms with van der Waals surface area (Å²) in [6, 6.07) is 22.6. The molecule has 6 aromatic rings. The molecule has 0 aliphatic carbocycles. The summed E-state index contributed by atoms with van der Waals surface area (Å²) in [5, 5.41) is 88.2. The minimum atomic E-state index is -5.11. The number of nitrogens with zero attached hydrogens (tertiary/aromatic N) is 6. The fourth-order valence-electron chi connectivity index (χ4n) is 5.02. The number of amides is 1. The molecule has 0 fully saturated rings. The third-order valence-electron chi connectivity index (χ3n) is 7.69. The molecule has 0 unspecified atom stereocenters. The smallest absolute Gasteiger partial charge is 0.874 e. The molecule has 6 aromatic carbocycles. The number of fused-ring (bicyclic) bond motifs is 2. The molecule has 0 saturated carbocycles. The monoisotopic (exact) mass is 864 g/mol. The van der Waals surface area contributed by atoms with Crippen LogP contribution in [-0.4, -0.2) is 28.7 Å². The number of carbonyl (C=O) groups is 1. The Labute approximate surface area is 345 Å². The number of nitrogens with one attached hydrogen (secondary N) is 1. The number of allylic oxidation sites excluding steroid dienone is 1. The molecular formula is C36H23ClCrN7O12S. The molecule has 6 rings (SSSR count). The van der Waals surface area contributed by atoms with Gasteiger partial charge in [0.05, 0.1) is 42.5 Å². The number of benzene rings is 6. The van der Waals surface area contributed by atoms with Gasteiger partial charge in [-0.1, -0.05) is 90.4 Å². The number of anilines is 1. The Bertz CT molecular complexity index is 2830. The SMILES string of the molecule is C/C([O-])=C(/N=Nc1cc([N+](=O)[O-])ccc1[O-])C(=O)Nc1ccccc1Cl.O=[N+]([O-])c1ccc2c(N=Nc3c([O-])ccc4ccccc34)c([O-])cc(S(=O)(=O)[O-])c2c1.[Cr+3].[H+].[H+]. The standard InChI is InChI=1S/C20H13N3O7S.C16H13ClN4O5.Cr/c24-16-8-5-11-3-1-2-4-13(11)19(16)21-22-20-14-7-6-12(23(26)27)9-15(14)18(10-17(20)25)31(28,29)30;1-9(22)15(16(24)18-12-5-3-2-4-11(12)17)20-19-13-8-10(21(25)26)6-7-14(13)23;/h1-10,24-25H,(H,28,29,30);2-8,22-23H,1H3,(H,18,24);/q;;+3/p-3/b;15-9-,20-19?;. The number of nitro groups is 2. The molecule has 0 heterocycles. The van der Waals surface area contributed by atoms with Gasteiger partial charge in [0.2, 0.25) is 0 Å². The van der Waals surface area contributed by atoms with Crippen molar-refractivity contribution in [1.29, 1.82) is 0 Å². The van der Waals surface area contributed by atoms with Crippen LogP contribution in [-0.2, 0) is 32.3 Å². The predicted octanol–water partition coefficient (Wildman–Crippen LogP) is 6.23. The normalized spacial score (nSPS) is 11.8. The van der Waals surface area contributed by atoms with Crippen LogP contribution in [0.1, 0.15) is 9.78 Å². The van der Waals surface area contributed by atoms with E-state index in [-0.39, 0.29) is 64.4 Å². The largest absolute Gasteiger partial charge is 3.00 e. The fourth-order valence-corrected chi connectivity index (χ4v) is 5.90. The van der Waals surface area contributed by atoms with Crippen molar-refractivity contribution in [3.63, 3.8) is 0 Å². The molecule has 0 aromatic heterocycles. The Balaban J connectivity index is 0.000000400. The second-order valence-corrected chi connectivity index (χ2v) is 13.2. The van der Waals surface area contributed by atoms with E-state index in [2.05, 4.69) is 25.8 Å². The van der Waals surface area contributed by atoms with Gasteiger partial charge in [0.15, 0.2) is 0 Å². The van der Waals surface area contributed by atoms with E-state index in [4.69, 9.17) is 11.6 Å². The molecule has 0 atom stereocenters. The third-order valence-corrected chi connectivity index (χ3v) is 8.90. The summed E-state index contributed by atoms with van der Waals surface area (Å²) in [6.07, 6.45) is 0. The van der Waals surface area contributed by atoms with Crippen LogP contribution in [0.2, 0.25) is 5.02 Å². The van der Waals surface area contributed by atoms with E-state index in [1.54, 1.807) is 48.5 Å². The average Bonchev–Trinajstić information content (AvgIpc) is 3.16. The van der Waals surface area contributed by atoms with Crippen LogP contribution in [0.4, 0.5) is 34.1 Å². The summed E-state index contributed by atoms with van der Waals surface area (Å²) in [6.45, 7) is 1.09. The van der Waals surface area contributed by atoms with Gasteiger partial charge in [-0.2, -0.15) is 15.3 Å². The first-order chi connectivity index (χ1) is 27.0. The quantitative estimate of drug-likeness (QED) is 0.0422. The van der Waals surface area contributed by atoms with Gasteiger partial charge in [-0.3, -0.25) is 25.0 Å². The van der Waals surface area contributed by atoms with Crippen molar-refractivity contribution in [3.8, 4) is 17.2 Å². The molecule has 1 N–H and O–H groups in total. The number of hydrogen-bond acceptors (Lipinski definition) is 16. The molecule has 0 aliphatic heterocycles. The number of non-ortho nitro benzene ring substituents is 2. The molecule has 0 aliphatic rings. The molecule has 1 radical (unpaired) electrons. The fraction of sp³-hybridized carbons (Fsp3) is 0.0278. The first-order valence-electron chi connectivity index (χ1n) is 15.8. The van der Waals surface area contributed by atoms with E-state index in [1.807, 2.05) is 0 Å². The number of carbonyl (C=O) groups excluding carboxylic acids is 1. The molecular weight excluding hydrogens is 842 g/mol. The molecule has 0 spiro atoms. The topological polar surface area (TPSA) is 314 Å². The van der Waals surface area contributed by atoms with Crippen molar-refractivity contribution in [1.82, 2.24) is 0 Å². The zero-order valence-corrected chi connectivity index (χ0v) is 31.9. The van der Waals surface area contributed by atoms with Crippen molar-refractivity contribution in [2.75, 3.05) is 5.32 Å². The van der Waals surface area contributed by atoms with Crippen molar-refractivity contribution in [2.24, 2.45) is 20.5 Å². The van der Waals surface area contributed by atoms with Gasteiger partial charge in [0, 0.05) is 40.4 Å². The Morgan fingerprint density at radius 2 is 1.31 bits per heavy atom. The van der Waals surface area contributed by atoms with Gasteiger partial charge in [-0.25, -0.2) is 8.42 Å². The molecule has 19 nitrogen and oxygen atoms in total. The van der Waals surface area contributed by atoms with Gasteiger partial charge in [-0.15, -0.1) is 10.9 Å². The summed E-state index contributed by atoms with van der Waals surface area (Å²) in [5.41, 5.74) is -1.94. The zero-order chi connectivity index (χ0) is 41.6. The summed E-state index contributed by atoms with van der Waals surface area (Å²) in [5.74, 6) is -3.63. The molecule has 293 valence electrons. The number of hydrogen-bond donors (Lipinski definition) is 1. The van der Waals surface area contributed by atoms with Crippen LogP contribution >= 0.6 is 11.6 Å². The van der Waals surface area contributed by atoms with E-state index in [0.717, 1.165) is 43.3 Å².